The van der Waals surface area contributed by atoms with E-state index in [1.807, 2.05) is 17.0 Å². The third-order valence-corrected chi connectivity index (χ3v) is 6.91. The Kier molecular flexibility index (Phi) is 6.55. The van der Waals surface area contributed by atoms with Crippen LogP contribution in [-0.4, -0.2) is 45.9 Å². The van der Waals surface area contributed by atoms with Crippen LogP contribution in [0, 0.1) is 5.82 Å². The van der Waals surface area contributed by atoms with Crippen LogP contribution in [0.2, 0.25) is 0 Å². The van der Waals surface area contributed by atoms with Crippen LogP contribution < -0.4 is 15.0 Å². The van der Waals surface area contributed by atoms with Gasteiger partial charge in [0.1, 0.15) is 11.6 Å². The van der Waals surface area contributed by atoms with Gasteiger partial charge in [-0.2, -0.15) is 13.9 Å². The SMILES string of the molecule is O=C(N[C@H]1CC[C@H](O)CC1)c1cnn2ccc(N3CCC[C@@H]3c3cc(F)ccc3OC(F)F)cc12. The van der Waals surface area contributed by atoms with Gasteiger partial charge < -0.3 is 20.1 Å². The summed E-state index contributed by atoms with van der Waals surface area (Å²) in [5.41, 5.74) is 2.20. The van der Waals surface area contributed by atoms with Crippen molar-refractivity contribution in [2.24, 2.45) is 0 Å². The number of anilines is 1. The van der Waals surface area contributed by atoms with Crippen LogP contribution in [-0.2, 0) is 0 Å². The summed E-state index contributed by atoms with van der Waals surface area (Å²) in [5.74, 6) is -0.787. The van der Waals surface area contributed by atoms with Crippen molar-refractivity contribution in [1.29, 1.82) is 0 Å². The molecule has 35 heavy (non-hydrogen) atoms. The molecule has 1 aromatic carbocycles. The molecular formula is C25H27F3N4O3. The van der Waals surface area contributed by atoms with E-state index in [1.54, 1.807) is 10.7 Å². The largest absolute Gasteiger partial charge is 0.434 e. The molecular weight excluding hydrogens is 461 g/mol. The lowest BCUT2D eigenvalue weighted by Crippen LogP contribution is -2.38. The standard InChI is InChI=1S/C25H27F3N4O3/c26-15-3-8-23(35-25(27)28)19(12-15)21-2-1-10-31(21)17-9-11-32-22(13-17)20(14-29-32)24(34)30-16-4-6-18(33)7-5-16/h3,8-9,11-14,16,18,21,25,33H,1-2,4-7,10H2,(H,30,34)/t16-,18-,21-/m1/s1. The van der Waals surface area contributed by atoms with E-state index in [1.165, 1.54) is 18.3 Å². The molecule has 0 spiro atoms. The van der Waals surface area contributed by atoms with Crippen molar-refractivity contribution in [1.82, 2.24) is 14.9 Å². The lowest BCUT2D eigenvalue weighted by molar-refractivity contribution is -0.0506. The third kappa shape index (κ3) is 4.93. The van der Waals surface area contributed by atoms with Gasteiger partial charge in [0.15, 0.2) is 0 Å². The van der Waals surface area contributed by atoms with Gasteiger partial charge in [-0.25, -0.2) is 8.91 Å². The van der Waals surface area contributed by atoms with Crippen molar-refractivity contribution in [2.75, 3.05) is 11.4 Å². The molecule has 10 heteroatoms. The second-order valence-electron chi connectivity index (χ2n) is 9.16. The summed E-state index contributed by atoms with van der Waals surface area (Å²) in [5, 5.41) is 17.0. The van der Waals surface area contributed by atoms with Gasteiger partial charge in [-0.15, -0.1) is 0 Å². The smallest absolute Gasteiger partial charge is 0.387 e. The normalized spacial score (nSPS) is 22.7. The molecule has 5 rings (SSSR count). The molecule has 2 fully saturated rings. The topological polar surface area (TPSA) is 79.1 Å². The highest BCUT2D eigenvalue weighted by molar-refractivity contribution is 6.01. The number of pyridine rings is 1. The molecule has 2 aliphatic rings. The molecule has 0 bridgehead atoms. The van der Waals surface area contributed by atoms with Crippen LogP contribution in [0.25, 0.3) is 5.52 Å². The van der Waals surface area contributed by atoms with Gasteiger partial charge in [-0.1, -0.05) is 0 Å². The van der Waals surface area contributed by atoms with Crippen LogP contribution in [0.15, 0.2) is 42.7 Å². The van der Waals surface area contributed by atoms with Crippen molar-refractivity contribution < 1.29 is 27.8 Å². The Balaban J connectivity index is 1.42. The van der Waals surface area contributed by atoms with E-state index in [2.05, 4.69) is 15.2 Å². The van der Waals surface area contributed by atoms with Gasteiger partial charge in [0, 0.05) is 30.0 Å². The highest BCUT2D eigenvalue weighted by Crippen LogP contribution is 2.41. The van der Waals surface area contributed by atoms with Crippen LogP contribution in [0.4, 0.5) is 18.9 Å². The van der Waals surface area contributed by atoms with Gasteiger partial charge >= 0.3 is 6.61 Å². The van der Waals surface area contributed by atoms with Crippen molar-refractivity contribution in [3.63, 3.8) is 0 Å². The summed E-state index contributed by atoms with van der Waals surface area (Å²) in [7, 11) is 0. The average Bonchev–Trinajstić information content (AvgIpc) is 3.48. The van der Waals surface area contributed by atoms with Crippen LogP contribution in [0.3, 0.4) is 0 Å². The number of carbonyl (C=O) groups is 1. The Labute approximate surface area is 200 Å². The number of nitrogens with one attached hydrogen (secondary N) is 1. The second kappa shape index (κ2) is 9.77. The first-order valence-electron chi connectivity index (χ1n) is 11.9. The monoisotopic (exact) mass is 488 g/mol. The quantitative estimate of drug-likeness (QED) is 0.536. The first-order chi connectivity index (χ1) is 16.9. The number of rotatable bonds is 6. The van der Waals surface area contributed by atoms with Crippen LogP contribution in [0.1, 0.15) is 60.5 Å². The summed E-state index contributed by atoms with van der Waals surface area (Å²) in [6.45, 7) is -2.36. The number of halogens is 3. The molecule has 3 aromatic rings. The minimum atomic E-state index is -3.01. The Morgan fingerprint density at radius 2 is 1.94 bits per heavy atom. The van der Waals surface area contributed by atoms with Gasteiger partial charge in [-0.3, -0.25) is 4.79 Å². The molecule has 7 nitrogen and oxygen atoms in total. The van der Waals surface area contributed by atoms with Gasteiger partial charge in [-0.05, 0) is 68.9 Å². The summed E-state index contributed by atoms with van der Waals surface area (Å²) in [6.07, 6.45) is 7.18. The number of alkyl halides is 2. The molecule has 3 heterocycles. The van der Waals surface area contributed by atoms with E-state index in [0.29, 0.717) is 42.5 Å². The molecule has 2 aromatic heterocycles. The Hall–Kier alpha value is -3.27. The number of carbonyl (C=O) groups excluding carboxylic acids is 1. The first kappa shape index (κ1) is 23.5. The van der Waals surface area contributed by atoms with Crippen molar-refractivity contribution in [3.05, 3.63) is 59.7 Å². The molecule has 1 amide bonds. The van der Waals surface area contributed by atoms with Crippen molar-refractivity contribution in [3.8, 4) is 5.75 Å². The van der Waals surface area contributed by atoms with E-state index >= 15 is 0 Å². The number of amides is 1. The summed E-state index contributed by atoms with van der Waals surface area (Å²) < 4.78 is 46.3. The molecule has 1 aliphatic carbocycles. The maximum atomic E-state index is 14.1. The van der Waals surface area contributed by atoms with Gasteiger partial charge in [0.25, 0.3) is 5.91 Å². The Morgan fingerprint density at radius 3 is 2.71 bits per heavy atom. The van der Waals surface area contributed by atoms with E-state index in [-0.39, 0.29) is 29.8 Å². The number of aliphatic hydroxyl groups is 1. The molecule has 0 unspecified atom stereocenters. The molecule has 1 saturated carbocycles. The fourth-order valence-corrected chi connectivity index (χ4v) is 5.19. The van der Waals surface area contributed by atoms with E-state index in [0.717, 1.165) is 31.0 Å². The Bertz CT molecular complexity index is 1210. The molecule has 1 saturated heterocycles. The van der Waals surface area contributed by atoms with E-state index in [4.69, 9.17) is 0 Å². The number of benzene rings is 1. The lowest BCUT2D eigenvalue weighted by atomic mass is 9.93. The minimum absolute atomic E-state index is 0.00762. The summed E-state index contributed by atoms with van der Waals surface area (Å²) in [6, 6.07) is 6.94. The maximum absolute atomic E-state index is 14.1. The highest BCUT2D eigenvalue weighted by atomic mass is 19.3. The predicted molar refractivity (Wildman–Crippen MR) is 123 cm³/mol. The molecule has 1 aliphatic heterocycles. The number of nitrogens with zero attached hydrogens (tertiary/aromatic N) is 3. The zero-order valence-corrected chi connectivity index (χ0v) is 19.0. The number of ether oxygens (including phenoxy) is 1. The Morgan fingerprint density at radius 1 is 1.14 bits per heavy atom. The number of fused-ring (bicyclic) bond motifs is 1. The number of aliphatic hydroxyl groups excluding tert-OH is 1. The fourth-order valence-electron chi connectivity index (χ4n) is 5.19. The highest BCUT2D eigenvalue weighted by Gasteiger charge is 2.30. The minimum Gasteiger partial charge on any atom is -0.434 e. The van der Waals surface area contributed by atoms with E-state index in [9.17, 15) is 23.1 Å². The molecule has 2 N–H and O–H groups in total. The fraction of sp³-hybridized carbons (Fsp3) is 0.440. The van der Waals surface area contributed by atoms with Gasteiger partial charge in [0.05, 0.1) is 29.4 Å². The third-order valence-electron chi connectivity index (χ3n) is 6.91. The second-order valence-corrected chi connectivity index (χ2v) is 9.16. The number of aromatic nitrogens is 2. The maximum Gasteiger partial charge on any atom is 0.387 e. The molecule has 1 atom stereocenters. The van der Waals surface area contributed by atoms with Gasteiger partial charge in [0.2, 0.25) is 0 Å². The molecule has 186 valence electrons. The zero-order valence-electron chi connectivity index (χ0n) is 19.0. The first-order valence-corrected chi connectivity index (χ1v) is 11.9. The van der Waals surface area contributed by atoms with Crippen molar-refractivity contribution >= 4 is 17.1 Å². The predicted octanol–water partition coefficient (Wildman–Crippen LogP) is 4.45. The number of hydrogen-bond acceptors (Lipinski definition) is 5. The summed E-state index contributed by atoms with van der Waals surface area (Å²) in [4.78, 5) is 15.0. The number of hydrogen-bond donors (Lipinski definition) is 2. The van der Waals surface area contributed by atoms with E-state index < -0.39 is 12.4 Å². The summed E-state index contributed by atoms with van der Waals surface area (Å²) >= 11 is 0. The van der Waals surface area contributed by atoms with Crippen LogP contribution >= 0.6 is 0 Å². The lowest BCUT2D eigenvalue weighted by Gasteiger charge is -2.28. The average molecular weight is 489 g/mol. The van der Waals surface area contributed by atoms with Crippen molar-refractivity contribution in [2.45, 2.75) is 63.3 Å². The van der Waals surface area contributed by atoms with Crippen LogP contribution in [0.5, 0.6) is 5.75 Å². The molecule has 0 radical (unpaired) electrons. The zero-order chi connectivity index (χ0) is 24.5.